The van der Waals surface area contributed by atoms with Crippen molar-refractivity contribution in [2.75, 3.05) is 12.3 Å². The van der Waals surface area contributed by atoms with Gasteiger partial charge in [-0.25, -0.2) is 19.3 Å². The number of nitrogens with two attached hydrogens (primary N) is 1. The lowest BCUT2D eigenvalue weighted by molar-refractivity contribution is -0.153. The van der Waals surface area contributed by atoms with Crippen molar-refractivity contribution < 1.29 is 36.9 Å². The average molecular weight is 407 g/mol. The van der Waals surface area contributed by atoms with Crippen LogP contribution in [0, 0.1) is 5.92 Å². The number of esters is 1. The van der Waals surface area contributed by atoms with Gasteiger partial charge in [0.15, 0.2) is 23.9 Å². The van der Waals surface area contributed by atoms with Crippen LogP contribution in [-0.4, -0.2) is 55.6 Å². The topological polar surface area (TPSA) is 125 Å². The predicted octanol–water partition coefficient (Wildman–Crippen LogP) is 1.22. The Hall–Kier alpha value is -2.54. The third kappa shape index (κ3) is 3.58. The molecule has 3 rings (SSSR count). The Balaban J connectivity index is 1.90. The molecular weight excluding hydrogens is 390 g/mol. The zero-order valence-corrected chi connectivity index (χ0v) is 14.7. The second-order valence-corrected chi connectivity index (χ2v) is 6.54. The molecule has 9 nitrogen and oxygen atoms in total. The number of carbonyl (C=O) groups is 1. The van der Waals surface area contributed by atoms with Gasteiger partial charge in [-0.1, -0.05) is 13.8 Å². The first-order valence-corrected chi connectivity index (χ1v) is 8.22. The first-order chi connectivity index (χ1) is 13.0. The van der Waals surface area contributed by atoms with Crippen LogP contribution in [0.3, 0.4) is 0 Å². The van der Waals surface area contributed by atoms with E-state index in [2.05, 4.69) is 15.0 Å². The molecule has 0 radical (unpaired) electrons. The van der Waals surface area contributed by atoms with E-state index in [0.29, 0.717) is 0 Å². The summed E-state index contributed by atoms with van der Waals surface area (Å²) in [5.74, 6) is -3.06. The van der Waals surface area contributed by atoms with Crippen molar-refractivity contribution in [2.45, 2.75) is 44.6 Å². The van der Waals surface area contributed by atoms with Crippen molar-refractivity contribution in [3.8, 4) is 0 Å². The van der Waals surface area contributed by atoms with Crippen molar-refractivity contribution in [1.29, 1.82) is 0 Å². The summed E-state index contributed by atoms with van der Waals surface area (Å²) >= 11 is 0. The Morgan fingerprint density at radius 1 is 1.43 bits per heavy atom. The van der Waals surface area contributed by atoms with Gasteiger partial charge in [0.2, 0.25) is 5.82 Å². The Morgan fingerprint density at radius 2 is 2.11 bits per heavy atom. The van der Waals surface area contributed by atoms with E-state index >= 15 is 0 Å². The molecule has 0 bridgehead atoms. The van der Waals surface area contributed by atoms with Gasteiger partial charge in [0.25, 0.3) is 0 Å². The molecule has 0 saturated carbocycles. The van der Waals surface area contributed by atoms with Gasteiger partial charge in [-0.2, -0.15) is 13.2 Å². The summed E-state index contributed by atoms with van der Waals surface area (Å²) in [6, 6.07) is 0. The summed E-state index contributed by atoms with van der Waals surface area (Å²) < 4.78 is 64.6. The number of alkyl halides is 4. The van der Waals surface area contributed by atoms with Gasteiger partial charge in [-0.3, -0.25) is 9.36 Å². The third-order valence-electron chi connectivity index (χ3n) is 4.13. The molecule has 2 aromatic heterocycles. The molecule has 3 N–H and O–H groups in total. The van der Waals surface area contributed by atoms with Crippen molar-refractivity contribution >= 4 is 23.0 Å². The van der Waals surface area contributed by atoms with Gasteiger partial charge in [-0.15, -0.1) is 0 Å². The van der Waals surface area contributed by atoms with Crippen LogP contribution in [0.15, 0.2) is 6.33 Å². The molecule has 0 amide bonds. The highest BCUT2D eigenvalue weighted by Gasteiger charge is 2.46. The number of halogens is 4. The highest BCUT2D eigenvalue weighted by molar-refractivity contribution is 5.81. The van der Waals surface area contributed by atoms with Crippen LogP contribution < -0.4 is 5.73 Å². The van der Waals surface area contributed by atoms with E-state index in [0.717, 1.165) is 10.9 Å². The minimum absolute atomic E-state index is 0.173. The number of nitrogen functional groups attached to an aromatic ring is 1. The van der Waals surface area contributed by atoms with Crippen molar-refractivity contribution in [3.05, 3.63) is 12.2 Å². The Kier molecular flexibility index (Phi) is 5.14. The Bertz CT molecular complexity index is 887. The summed E-state index contributed by atoms with van der Waals surface area (Å²) in [6.45, 7) is 2.76. The van der Waals surface area contributed by atoms with Gasteiger partial charge in [0.05, 0.1) is 12.2 Å². The summed E-state index contributed by atoms with van der Waals surface area (Å²) in [5.41, 5.74) is 4.92. The number of hydrogen-bond acceptors (Lipinski definition) is 8. The van der Waals surface area contributed by atoms with Gasteiger partial charge in [0, 0.05) is 0 Å². The molecule has 0 spiro atoms. The zero-order chi connectivity index (χ0) is 20.8. The molecular formula is C15H17F4N5O4. The first-order valence-electron chi connectivity index (χ1n) is 8.22. The second kappa shape index (κ2) is 7.13. The zero-order valence-electron chi connectivity index (χ0n) is 14.7. The van der Waals surface area contributed by atoms with Crippen LogP contribution in [0.4, 0.5) is 23.4 Å². The number of aliphatic hydroxyl groups excluding tert-OH is 1. The summed E-state index contributed by atoms with van der Waals surface area (Å²) in [4.78, 5) is 21.9. The molecule has 2 aromatic rings. The highest BCUT2D eigenvalue weighted by atomic mass is 19.4. The number of imidazole rings is 1. The summed E-state index contributed by atoms with van der Waals surface area (Å²) in [6.07, 6.45) is -10.4. The van der Waals surface area contributed by atoms with Gasteiger partial charge >= 0.3 is 12.1 Å². The lowest BCUT2D eigenvalue weighted by Gasteiger charge is -2.16. The Morgan fingerprint density at radius 3 is 2.71 bits per heavy atom. The smallest absolute Gasteiger partial charge is 0.451 e. The SMILES string of the molecule is CC(C)C(=O)OCC1OC(n2cnc3c(N)nc(C(F)(F)F)nc32)C(F)C1O. The molecule has 1 saturated heterocycles. The van der Waals surface area contributed by atoms with Crippen molar-refractivity contribution in [2.24, 2.45) is 5.92 Å². The monoisotopic (exact) mass is 407 g/mol. The number of fused-ring (bicyclic) bond motifs is 1. The maximum Gasteiger partial charge on any atom is 0.451 e. The number of aromatic nitrogens is 4. The fourth-order valence-electron chi connectivity index (χ4n) is 2.65. The molecule has 28 heavy (non-hydrogen) atoms. The minimum Gasteiger partial charge on any atom is -0.463 e. The summed E-state index contributed by atoms with van der Waals surface area (Å²) in [7, 11) is 0. The van der Waals surface area contributed by atoms with Crippen LogP contribution in [0.1, 0.15) is 25.9 Å². The molecule has 13 heteroatoms. The molecule has 4 atom stereocenters. The van der Waals surface area contributed by atoms with Crippen molar-refractivity contribution in [1.82, 2.24) is 19.5 Å². The number of aliphatic hydroxyl groups is 1. The minimum atomic E-state index is -4.88. The van der Waals surface area contributed by atoms with Crippen LogP contribution in [-0.2, 0) is 20.4 Å². The molecule has 0 aromatic carbocycles. The fourth-order valence-corrected chi connectivity index (χ4v) is 2.65. The Labute approximate surface area is 155 Å². The largest absolute Gasteiger partial charge is 0.463 e. The standard InChI is InChI=1S/C15H17F4N5O4/c1-5(2)13(26)27-3-6-9(25)7(16)12(28-6)24-4-21-8-10(20)22-14(15(17,18)19)23-11(8)24/h4-7,9,12,25H,3H2,1-2H3,(H2,20,22,23). The molecule has 0 aliphatic carbocycles. The number of rotatable bonds is 4. The number of nitrogens with zero attached hydrogens (tertiary/aromatic N) is 4. The fraction of sp³-hybridized carbons (Fsp3) is 0.600. The molecule has 154 valence electrons. The number of carbonyl (C=O) groups excluding carboxylic acids is 1. The number of hydrogen-bond donors (Lipinski definition) is 2. The lowest BCUT2D eigenvalue weighted by atomic mass is 10.1. The van der Waals surface area contributed by atoms with Gasteiger partial charge in [0.1, 0.15) is 24.3 Å². The molecule has 1 aliphatic rings. The number of ether oxygens (including phenoxy) is 2. The van der Waals surface area contributed by atoms with Crippen LogP contribution in [0.5, 0.6) is 0 Å². The van der Waals surface area contributed by atoms with E-state index in [1.165, 1.54) is 0 Å². The molecule has 1 fully saturated rings. The van der Waals surface area contributed by atoms with Gasteiger partial charge < -0.3 is 20.3 Å². The second-order valence-electron chi connectivity index (χ2n) is 6.54. The van der Waals surface area contributed by atoms with E-state index in [9.17, 15) is 27.5 Å². The van der Waals surface area contributed by atoms with Gasteiger partial charge in [-0.05, 0) is 0 Å². The normalized spacial score (nSPS) is 25.6. The molecule has 4 unspecified atom stereocenters. The molecule has 3 heterocycles. The van der Waals surface area contributed by atoms with Crippen molar-refractivity contribution in [3.63, 3.8) is 0 Å². The van der Waals surface area contributed by atoms with E-state index in [1.807, 2.05) is 0 Å². The van der Waals surface area contributed by atoms with Crippen LogP contribution in [0.2, 0.25) is 0 Å². The predicted molar refractivity (Wildman–Crippen MR) is 85.3 cm³/mol. The van der Waals surface area contributed by atoms with E-state index in [1.54, 1.807) is 13.8 Å². The summed E-state index contributed by atoms with van der Waals surface area (Å²) in [5, 5.41) is 10.0. The van der Waals surface area contributed by atoms with Crippen LogP contribution >= 0.6 is 0 Å². The first kappa shape index (κ1) is 20.2. The third-order valence-corrected chi connectivity index (χ3v) is 4.13. The average Bonchev–Trinajstić information content (AvgIpc) is 3.14. The van der Waals surface area contributed by atoms with E-state index in [4.69, 9.17) is 15.2 Å². The maximum atomic E-state index is 14.6. The molecule has 1 aliphatic heterocycles. The maximum absolute atomic E-state index is 14.6. The highest BCUT2D eigenvalue weighted by Crippen LogP contribution is 2.35. The van der Waals surface area contributed by atoms with E-state index in [-0.39, 0.29) is 5.52 Å². The quantitative estimate of drug-likeness (QED) is 0.573. The lowest BCUT2D eigenvalue weighted by Crippen LogP contribution is -2.32. The van der Waals surface area contributed by atoms with E-state index < -0.39 is 66.6 Å². The number of anilines is 1. The van der Waals surface area contributed by atoms with Crippen LogP contribution in [0.25, 0.3) is 11.2 Å².